The van der Waals surface area contributed by atoms with E-state index in [4.69, 9.17) is 4.74 Å². The van der Waals surface area contributed by atoms with Gasteiger partial charge in [-0.15, -0.1) is 0 Å². The third-order valence-electron chi connectivity index (χ3n) is 6.61. The third kappa shape index (κ3) is 4.92. The molecule has 8 nitrogen and oxygen atoms in total. The molecule has 1 aliphatic carbocycles. The van der Waals surface area contributed by atoms with E-state index in [1.54, 1.807) is 0 Å². The highest BCUT2D eigenvalue weighted by Crippen LogP contribution is 2.44. The van der Waals surface area contributed by atoms with Crippen LogP contribution in [0.25, 0.3) is 11.1 Å². The number of carbonyl (C=O) groups excluding carboxylic acids is 2. The number of amides is 2. The first-order valence-corrected chi connectivity index (χ1v) is 11.7. The molecule has 0 aromatic heterocycles. The number of nitrogens with one attached hydrogen (secondary N) is 1. The number of nitrogens with zero attached hydrogens (tertiary/aromatic N) is 1. The number of hydrogen-bond donors (Lipinski definition) is 3. The van der Waals surface area contributed by atoms with Crippen LogP contribution in [0.2, 0.25) is 0 Å². The molecule has 1 saturated heterocycles. The van der Waals surface area contributed by atoms with Crippen molar-refractivity contribution >= 4 is 18.0 Å². The van der Waals surface area contributed by atoms with E-state index >= 15 is 0 Å². The molecule has 2 aromatic carbocycles. The number of alkyl carbamates (subject to hydrolysis) is 1. The summed E-state index contributed by atoms with van der Waals surface area (Å²) < 4.78 is 5.59. The Morgan fingerprint density at radius 2 is 1.71 bits per heavy atom. The van der Waals surface area contributed by atoms with Gasteiger partial charge in [0, 0.05) is 31.3 Å². The van der Waals surface area contributed by atoms with E-state index in [9.17, 15) is 24.6 Å². The summed E-state index contributed by atoms with van der Waals surface area (Å²) in [5, 5.41) is 21.9. The van der Waals surface area contributed by atoms with Crippen molar-refractivity contribution in [3.8, 4) is 11.1 Å². The number of benzene rings is 2. The number of aliphatic hydroxyl groups excluding tert-OH is 1. The van der Waals surface area contributed by atoms with Crippen molar-refractivity contribution < 1.29 is 29.3 Å². The van der Waals surface area contributed by atoms with Gasteiger partial charge >= 0.3 is 12.1 Å². The highest BCUT2D eigenvalue weighted by molar-refractivity contribution is 5.85. The van der Waals surface area contributed by atoms with Crippen LogP contribution in [-0.4, -0.2) is 64.4 Å². The molecule has 4 rings (SSSR count). The summed E-state index contributed by atoms with van der Waals surface area (Å²) in [5.74, 6) is -1.60. The largest absolute Gasteiger partial charge is 0.480 e. The molecular weight excluding hydrogens is 436 g/mol. The molecule has 1 heterocycles. The van der Waals surface area contributed by atoms with Crippen LogP contribution in [0.1, 0.15) is 49.7 Å². The lowest BCUT2D eigenvalue weighted by molar-refractivity contribution is -0.148. The van der Waals surface area contributed by atoms with Crippen LogP contribution >= 0.6 is 0 Å². The lowest BCUT2D eigenvalue weighted by Crippen LogP contribution is -2.45. The van der Waals surface area contributed by atoms with E-state index in [1.807, 2.05) is 43.3 Å². The van der Waals surface area contributed by atoms with Crippen molar-refractivity contribution in [1.29, 1.82) is 0 Å². The topological polar surface area (TPSA) is 116 Å². The number of rotatable bonds is 8. The molecule has 3 atom stereocenters. The zero-order valence-corrected chi connectivity index (χ0v) is 19.1. The van der Waals surface area contributed by atoms with Crippen LogP contribution in [0.15, 0.2) is 48.5 Å². The Morgan fingerprint density at radius 3 is 2.29 bits per heavy atom. The monoisotopic (exact) mass is 466 g/mol. The van der Waals surface area contributed by atoms with Gasteiger partial charge in [-0.2, -0.15) is 0 Å². The van der Waals surface area contributed by atoms with Crippen molar-refractivity contribution in [2.75, 3.05) is 13.2 Å². The highest BCUT2D eigenvalue weighted by Gasteiger charge is 2.39. The van der Waals surface area contributed by atoms with Crippen molar-refractivity contribution in [1.82, 2.24) is 10.2 Å². The molecule has 0 saturated carbocycles. The summed E-state index contributed by atoms with van der Waals surface area (Å²) in [4.78, 5) is 38.0. The summed E-state index contributed by atoms with van der Waals surface area (Å²) in [6, 6.07) is 14.6. The number of fused-ring (bicyclic) bond motifs is 3. The Kier molecular flexibility index (Phi) is 7.17. The number of carboxylic acid groups (broad SMARTS) is 1. The maximum absolute atomic E-state index is 12.8. The standard InChI is InChI=1S/C26H30N2O6/c1-2-7-16(12-24(30)28-14-17(29)13-23(28)25(31)32)27-26(33)34-15-22-20-10-5-3-8-18(20)19-9-4-6-11-21(19)22/h3-6,8-11,16-17,22-23,29H,2,7,12-15H2,1H3,(H,27,33)(H,31,32)/t16-,17-,23-/m0/s1. The van der Waals surface area contributed by atoms with Crippen LogP contribution in [0.3, 0.4) is 0 Å². The number of ether oxygens (including phenoxy) is 1. The van der Waals surface area contributed by atoms with E-state index < -0.39 is 36.2 Å². The van der Waals surface area contributed by atoms with Crippen LogP contribution in [0.5, 0.6) is 0 Å². The summed E-state index contributed by atoms with van der Waals surface area (Å²) in [5.41, 5.74) is 4.51. The minimum Gasteiger partial charge on any atom is -0.480 e. The lowest BCUT2D eigenvalue weighted by Gasteiger charge is -2.25. The Hall–Kier alpha value is -3.39. The number of β-amino-alcohol motifs (C(OH)–C–C–N with tert-alkyl or cyclic N) is 1. The van der Waals surface area contributed by atoms with Crippen molar-refractivity contribution in [3.05, 3.63) is 59.7 Å². The van der Waals surface area contributed by atoms with Gasteiger partial charge in [0.05, 0.1) is 6.10 Å². The van der Waals surface area contributed by atoms with E-state index in [2.05, 4.69) is 17.4 Å². The average molecular weight is 467 g/mol. The third-order valence-corrected chi connectivity index (χ3v) is 6.61. The SMILES string of the molecule is CCC[C@@H](CC(=O)N1C[C@@H](O)C[C@H]1C(=O)O)NC(=O)OCC1c2ccccc2-c2ccccc21. The Bertz CT molecular complexity index is 1030. The van der Waals surface area contributed by atoms with Gasteiger partial charge in [-0.1, -0.05) is 61.9 Å². The van der Waals surface area contributed by atoms with Gasteiger partial charge in [0.15, 0.2) is 0 Å². The fraction of sp³-hybridized carbons (Fsp3) is 0.423. The van der Waals surface area contributed by atoms with E-state index in [1.165, 1.54) is 4.90 Å². The van der Waals surface area contributed by atoms with Gasteiger partial charge in [-0.3, -0.25) is 4.79 Å². The van der Waals surface area contributed by atoms with Crippen LogP contribution in [0.4, 0.5) is 4.79 Å². The molecular formula is C26H30N2O6. The molecule has 2 amide bonds. The molecule has 2 aromatic rings. The predicted molar refractivity (Wildman–Crippen MR) is 125 cm³/mol. The summed E-state index contributed by atoms with van der Waals surface area (Å²) in [6.07, 6.45) is -0.223. The average Bonchev–Trinajstić information content (AvgIpc) is 3.36. The number of carboxylic acids is 1. The van der Waals surface area contributed by atoms with Crippen molar-refractivity contribution in [3.63, 3.8) is 0 Å². The number of hydrogen-bond acceptors (Lipinski definition) is 5. The van der Waals surface area contributed by atoms with Crippen molar-refractivity contribution in [2.45, 2.75) is 56.7 Å². The summed E-state index contributed by atoms with van der Waals surface area (Å²) >= 11 is 0. The molecule has 1 fully saturated rings. The van der Waals surface area contributed by atoms with Crippen LogP contribution in [-0.2, 0) is 14.3 Å². The quantitative estimate of drug-likeness (QED) is 0.551. The second-order valence-corrected chi connectivity index (χ2v) is 8.95. The number of carbonyl (C=O) groups is 3. The molecule has 1 aliphatic heterocycles. The first kappa shape index (κ1) is 23.8. The second-order valence-electron chi connectivity index (χ2n) is 8.95. The first-order chi connectivity index (χ1) is 16.4. The molecule has 3 N–H and O–H groups in total. The molecule has 0 radical (unpaired) electrons. The summed E-state index contributed by atoms with van der Waals surface area (Å²) in [6.45, 7) is 2.10. The number of likely N-dealkylation sites (tertiary alicyclic amines) is 1. The Morgan fingerprint density at radius 1 is 1.09 bits per heavy atom. The second kappa shape index (κ2) is 10.3. The molecule has 8 heteroatoms. The maximum atomic E-state index is 12.8. The Balaban J connectivity index is 1.37. The van der Waals surface area contributed by atoms with Crippen LogP contribution in [0, 0.1) is 0 Å². The van der Waals surface area contributed by atoms with Crippen LogP contribution < -0.4 is 5.32 Å². The minimum absolute atomic E-state index is 0.0132. The van der Waals surface area contributed by atoms with E-state index in [0.717, 1.165) is 28.7 Å². The highest BCUT2D eigenvalue weighted by atomic mass is 16.5. The molecule has 0 unspecified atom stereocenters. The molecule has 0 bridgehead atoms. The fourth-order valence-electron chi connectivity index (χ4n) is 5.03. The molecule has 34 heavy (non-hydrogen) atoms. The van der Waals surface area contributed by atoms with E-state index in [0.29, 0.717) is 6.42 Å². The molecule has 2 aliphatic rings. The zero-order valence-electron chi connectivity index (χ0n) is 19.1. The maximum Gasteiger partial charge on any atom is 0.407 e. The van der Waals surface area contributed by atoms with Gasteiger partial charge in [0.1, 0.15) is 12.6 Å². The molecule has 0 spiro atoms. The Labute approximate surface area is 198 Å². The minimum atomic E-state index is -1.14. The number of aliphatic hydroxyl groups is 1. The number of aliphatic carboxylic acids is 1. The van der Waals surface area contributed by atoms with Gasteiger partial charge < -0.3 is 25.2 Å². The zero-order chi connectivity index (χ0) is 24.2. The van der Waals surface area contributed by atoms with Gasteiger partial charge in [-0.25, -0.2) is 9.59 Å². The van der Waals surface area contributed by atoms with Gasteiger partial charge in [0.2, 0.25) is 5.91 Å². The normalized spacial score (nSPS) is 19.9. The first-order valence-electron chi connectivity index (χ1n) is 11.7. The van der Waals surface area contributed by atoms with E-state index in [-0.39, 0.29) is 31.9 Å². The molecule has 180 valence electrons. The predicted octanol–water partition coefficient (Wildman–Crippen LogP) is 3.13. The lowest BCUT2D eigenvalue weighted by atomic mass is 9.98. The van der Waals surface area contributed by atoms with Gasteiger partial charge in [0.25, 0.3) is 0 Å². The van der Waals surface area contributed by atoms with Gasteiger partial charge in [-0.05, 0) is 28.7 Å². The smallest absolute Gasteiger partial charge is 0.407 e. The van der Waals surface area contributed by atoms with Crippen molar-refractivity contribution in [2.24, 2.45) is 0 Å². The fourth-order valence-corrected chi connectivity index (χ4v) is 5.03. The summed E-state index contributed by atoms with van der Waals surface area (Å²) in [7, 11) is 0.